The average molecular weight is 224 g/mol. The third-order valence-electron chi connectivity index (χ3n) is 5.39. The van der Waals surface area contributed by atoms with E-state index < -0.39 is 0 Å². The van der Waals surface area contributed by atoms with Gasteiger partial charge in [-0.15, -0.1) is 0 Å². The molecule has 0 aromatic heterocycles. The summed E-state index contributed by atoms with van der Waals surface area (Å²) in [6.07, 6.45) is 4.95. The normalized spacial score (nSPS) is 54.0. The number of rotatable bonds is 1. The van der Waals surface area contributed by atoms with E-state index in [9.17, 15) is 5.11 Å². The Morgan fingerprint density at radius 2 is 1.94 bits per heavy atom. The highest BCUT2D eigenvalue weighted by Crippen LogP contribution is 2.61. The number of hydrogen-bond donors (Lipinski definition) is 1. The second kappa shape index (κ2) is 3.23. The predicted octanol–water partition coefficient (Wildman–Crippen LogP) is 2.60. The molecule has 4 fully saturated rings. The summed E-state index contributed by atoms with van der Waals surface area (Å²) in [7, 11) is 0. The van der Waals surface area contributed by atoms with Crippen molar-refractivity contribution in [1.82, 2.24) is 0 Å². The Balaban J connectivity index is 1.97. The van der Waals surface area contributed by atoms with Crippen molar-refractivity contribution >= 4 is 0 Å². The van der Waals surface area contributed by atoms with E-state index in [-0.39, 0.29) is 11.2 Å². The second-order valence-electron chi connectivity index (χ2n) is 7.03. The van der Waals surface area contributed by atoms with Crippen molar-refractivity contribution < 1.29 is 9.84 Å². The summed E-state index contributed by atoms with van der Waals surface area (Å²) in [4.78, 5) is 0. The molecule has 2 aliphatic carbocycles. The first-order valence-corrected chi connectivity index (χ1v) is 6.76. The molecular formula is C14H24O2. The van der Waals surface area contributed by atoms with Crippen molar-refractivity contribution in [3.63, 3.8) is 0 Å². The largest absolute Gasteiger partial charge is 0.396 e. The van der Waals surface area contributed by atoms with Gasteiger partial charge in [-0.05, 0) is 70.1 Å². The van der Waals surface area contributed by atoms with Crippen molar-refractivity contribution in [2.75, 3.05) is 6.61 Å². The molecule has 2 heterocycles. The van der Waals surface area contributed by atoms with Gasteiger partial charge >= 0.3 is 0 Å². The van der Waals surface area contributed by atoms with E-state index in [1.54, 1.807) is 0 Å². The lowest BCUT2D eigenvalue weighted by atomic mass is 9.50. The van der Waals surface area contributed by atoms with Crippen LogP contribution in [-0.2, 0) is 4.74 Å². The standard InChI is InChI=1S/C14H24O2/c1-13(2)12-9-4-5-10(8-15)11(12)7-14(3,6-9)16-13/h9-12,15H,4-8H2,1-3H3/t9-,10+,11-,12+,14-/m0/s1. The molecule has 1 N–H and O–H groups in total. The fourth-order valence-corrected chi connectivity index (χ4v) is 5.22. The van der Waals surface area contributed by atoms with Gasteiger partial charge in [-0.3, -0.25) is 0 Å². The minimum absolute atomic E-state index is 0.0222. The smallest absolute Gasteiger partial charge is 0.0667 e. The third-order valence-corrected chi connectivity index (χ3v) is 5.39. The van der Waals surface area contributed by atoms with E-state index in [1.807, 2.05) is 0 Å². The van der Waals surface area contributed by atoms with Gasteiger partial charge in [0.25, 0.3) is 0 Å². The van der Waals surface area contributed by atoms with Gasteiger partial charge < -0.3 is 9.84 Å². The first-order valence-electron chi connectivity index (χ1n) is 6.76. The maximum absolute atomic E-state index is 9.54. The van der Waals surface area contributed by atoms with Gasteiger partial charge in [-0.1, -0.05) is 0 Å². The van der Waals surface area contributed by atoms with Crippen LogP contribution in [0, 0.1) is 23.7 Å². The van der Waals surface area contributed by atoms with Crippen LogP contribution in [0.5, 0.6) is 0 Å². The molecule has 0 amide bonds. The number of ether oxygens (including phenoxy) is 1. The maximum Gasteiger partial charge on any atom is 0.0667 e. The van der Waals surface area contributed by atoms with E-state index in [2.05, 4.69) is 20.8 Å². The van der Waals surface area contributed by atoms with Gasteiger partial charge in [0.15, 0.2) is 0 Å². The van der Waals surface area contributed by atoms with Gasteiger partial charge in [-0.25, -0.2) is 0 Å². The SMILES string of the molecule is CC1(C)O[C@@]2(C)C[C@@H]3CC[C@H](CO)[C@H](C2)[C@@H]31. The summed E-state index contributed by atoms with van der Waals surface area (Å²) in [6, 6.07) is 0. The first kappa shape index (κ1) is 11.0. The van der Waals surface area contributed by atoms with Crippen LogP contribution in [0.4, 0.5) is 0 Å². The van der Waals surface area contributed by atoms with Crippen molar-refractivity contribution in [3.8, 4) is 0 Å². The van der Waals surface area contributed by atoms with Crippen molar-refractivity contribution in [2.24, 2.45) is 23.7 Å². The Morgan fingerprint density at radius 1 is 1.19 bits per heavy atom. The van der Waals surface area contributed by atoms with Crippen molar-refractivity contribution in [3.05, 3.63) is 0 Å². The minimum Gasteiger partial charge on any atom is -0.396 e. The zero-order valence-electron chi connectivity index (χ0n) is 10.7. The molecule has 5 atom stereocenters. The monoisotopic (exact) mass is 224 g/mol. The molecular weight excluding hydrogens is 200 g/mol. The fourth-order valence-electron chi connectivity index (χ4n) is 5.22. The number of hydrogen-bond acceptors (Lipinski definition) is 2. The molecule has 16 heavy (non-hydrogen) atoms. The topological polar surface area (TPSA) is 29.5 Å². The molecule has 0 radical (unpaired) electrons. The van der Waals surface area contributed by atoms with Crippen LogP contribution < -0.4 is 0 Å². The van der Waals surface area contributed by atoms with E-state index in [1.165, 1.54) is 25.7 Å². The predicted molar refractivity (Wildman–Crippen MR) is 63.1 cm³/mol. The highest BCUT2D eigenvalue weighted by molar-refractivity contribution is 5.09. The Morgan fingerprint density at radius 3 is 2.56 bits per heavy atom. The summed E-state index contributed by atoms with van der Waals surface area (Å²) >= 11 is 0. The summed E-state index contributed by atoms with van der Waals surface area (Å²) in [6.45, 7) is 7.17. The average Bonchev–Trinajstić information content (AvgIpc) is 2.13. The first-order chi connectivity index (χ1) is 7.45. The van der Waals surface area contributed by atoms with Crippen molar-refractivity contribution in [2.45, 2.75) is 57.7 Å². The van der Waals surface area contributed by atoms with E-state index in [0.717, 1.165) is 5.92 Å². The lowest BCUT2D eigenvalue weighted by Crippen LogP contribution is -2.64. The van der Waals surface area contributed by atoms with Crippen LogP contribution >= 0.6 is 0 Å². The van der Waals surface area contributed by atoms with Gasteiger partial charge in [0.2, 0.25) is 0 Å². The highest BCUT2D eigenvalue weighted by Gasteiger charge is 2.60. The molecule has 4 rings (SSSR count). The summed E-state index contributed by atoms with van der Waals surface area (Å²) < 4.78 is 6.31. The van der Waals surface area contributed by atoms with Crippen LogP contribution in [0.2, 0.25) is 0 Å². The second-order valence-corrected chi connectivity index (χ2v) is 7.03. The number of aliphatic hydroxyl groups is 1. The molecule has 2 heteroatoms. The molecule has 2 saturated carbocycles. The molecule has 0 aromatic rings. The molecule has 0 unspecified atom stereocenters. The summed E-state index contributed by atoms with van der Waals surface area (Å²) in [5.41, 5.74) is 0.107. The van der Waals surface area contributed by atoms with Crippen LogP contribution in [-0.4, -0.2) is 22.9 Å². The van der Waals surface area contributed by atoms with Crippen LogP contribution in [0.3, 0.4) is 0 Å². The molecule has 0 aromatic carbocycles. The Hall–Kier alpha value is -0.0800. The molecule has 2 saturated heterocycles. The number of aliphatic hydroxyl groups excluding tert-OH is 1. The summed E-state index contributed by atoms with van der Waals surface area (Å²) in [5, 5.41) is 9.54. The lowest BCUT2D eigenvalue weighted by molar-refractivity contribution is -0.290. The van der Waals surface area contributed by atoms with Crippen LogP contribution in [0.15, 0.2) is 0 Å². The molecule has 4 bridgehead atoms. The fraction of sp³-hybridized carbons (Fsp3) is 1.00. The van der Waals surface area contributed by atoms with E-state index >= 15 is 0 Å². The number of fused-ring (bicyclic) bond motifs is 1. The van der Waals surface area contributed by atoms with Gasteiger partial charge in [0.1, 0.15) is 0 Å². The Kier molecular flexibility index (Phi) is 2.23. The van der Waals surface area contributed by atoms with Crippen molar-refractivity contribution in [1.29, 1.82) is 0 Å². The lowest BCUT2D eigenvalue weighted by Gasteiger charge is -2.64. The van der Waals surface area contributed by atoms with E-state index in [4.69, 9.17) is 4.74 Å². The highest BCUT2D eigenvalue weighted by atomic mass is 16.5. The van der Waals surface area contributed by atoms with Crippen LogP contribution in [0.25, 0.3) is 0 Å². The maximum atomic E-state index is 9.54. The van der Waals surface area contributed by atoms with Gasteiger partial charge in [0.05, 0.1) is 11.2 Å². The zero-order chi connectivity index (χ0) is 11.6. The molecule has 92 valence electrons. The third kappa shape index (κ3) is 1.39. The molecule has 2 aliphatic heterocycles. The van der Waals surface area contributed by atoms with Crippen LogP contribution in [0.1, 0.15) is 46.5 Å². The zero-order valence-corrected chi connectivity index (χ0v) is 10.7. The molecule has 4 aliphatic rings. The Labute approximate surface area is 98.4 Å². The van der Waals surface area contributed by atoms with E-state index in [0.29, 0.717) is 24.4 Å². The minimum atomic E-state index is 0.0222. The molecule has 0 spiro atoms. The molecule has 2 nitrogen and oxygen atoms in total. The van der Waals surface area contributed by atoms with Gasteiger partial charge in [0, 0.05) is 6.61 Å². The Bertz CT molecular complexity index is 296. The quantitative estimate of drug-likeness (QED) is 0.742. The summed E-state index contributed by atoms with van der Waals surface area (Å²) in [5.74, 6) is 2.76. The van der Waals surface area contributed by atoms with Gasteiger partial charge in [-0.2, -0.15) is 0 Å².